The van der Waals surface area contributed by atoms with Crippen molar-refractivity contribution in [1.29, 1.82) is 0 Å². The van der Waals surface area contributed by atoms with Crippen LogP contribution in [-0.2, 0) is 9.53 Å². The Morgan fingerprint density at radius 2 is 1.69 bits per heavy atom. The van der Waals surface area contributed by atoms with E-state index in [0.29, 0.717) is 18.0 Å². The van der Waals surface area contributed by atoms with Crippen molar-refractivity contribution in [3.05, 3.63) is 96.8 Å². The van der Waals surface area contributed by atoms with Gasteiger partial charge in [0.15, 0.2) is 6.61 Å². The smallest absolute Gasteiger partial charge is 0.342 e. The number of carbonyl (C=O) groups is 2. The fourth-order valence-electron chi connectivity index (χ4n) is 3.47. The molecular weight excluding hydrogens is 404 g/mol. The van der Waals surface area contributed by atoms with Crippen molar-refractivity contribution >= 4 is 28.3 Å². The second-order valence-corrected chi connectivity index (χ2v) is 7.00. The average molecular weight is 426 g/mol. The topological polar surface area (TPSA) is 68.7 Å². The molecule has 1 heterocycles. The van der Waals surface area contributed by atoms with Crippen LogP contribution in [0.3, 0.4) is 0 Å². The highest BCUT2D eigenvalue weighted by Gasteiger charge is 2.20. The molecule has 4 aromatic rings. The third kappa shape index (κ3) is 4.59. The number of amides is 1. The Morgan fingerprint density at radius 3 is 2.50 bits per heavy atom. The molecule has 6 heteroatoms. The number of pyridine rings is 1. The Hall–Kier alpha value is -4.19. The van der Waals surface area contributed by atoms with Gasteiger partial charge in [0.2, 0.25) is 0 Å². The molecule has 0 aliphatic carbocycles. The molecule has 0 N–H and O–H groups in total. The van der Waals surface area contributed by atoms with E-state index in [0.717, 1.165) is 16.5 Å². The standard InChI is InChI=1S/C26H22N2O4/c1-2-28(23-14-7-10-19-9-3-4-12-21(19)23)25(29)18-31-26(30)22-13-5-6-15-24(22)32-20-11-8-16-27-17-20/h3-17H,2,18H2,1H3. The van der Waals surface area contributed by atoms with E-state index in [1.807, 2.05) is 49.4 Å². The lowest BCUT2D eigenvalue weighted by Crippen LogP contribution is -2.34. The number of ether oxygens (including phenoxy) is 2. The van der Waals surface area contributed by atoms with Gasteiger partial charge < -0.3 is 14.4 Å². The summed E-state index contributed by atoms with van der Waals surface area (Å²) in [6.45, 7) is 1.96. The van der Waals surface area contributed by atoms with Gasteiger partial charge in [-0.3, -0.25) is 9.78 Å². The molecule has 0 saturated heterocycles. The van der Waals surface area contributed by atoms with Crippen LogP contribution in [0.1, 0.15) is 17.3 Å². The van der Waals surface area contributed by atoms with Crippen molar-refractivity contribution in [1.82, 2.24) is 4.98 Å². The van der Waals surface area contributed by atoms with Gasteiger partial charge in [0.25, 0.3) is 5.91 Å². The summed E-state index contributed by atoms with van der Waals surface area (Å²) in [5.41, 5.74) is 1.02. The van der Waals surface area contributed by atoms with Crippen molar-refractivity contribution in [2.45, 2.75) is 6.92 Å². The number of likely N-dealkylation sites (N-methyl/N-ethyl adjacent to an activating group) is 1. The second-order valence-electron chi connectivity index (χ2n) is 7.00. The maximum absolute atomic E-state index is 12.9. The molecule has 0 radical (unpaired) electrons. The highest BCUT2D eigenvalue weighted by Crippen LogP contribution is 2.27. The monoisotopic (exact) mass is 426 g/mol. The summed E-state index contributed by atoms with van der Waals surface area (Å²) in [6, 6.07) is 23.9. The van der Waals surface area contributed by atoms with Gasteiger partial charge in [0, 0.05) is 18.1 Å². The Kier molecular flexibility index (Phi) is 6.41. The predicted molar refractivity (Wildman–Crippen MR) is 123 cm³/mol. The molecule has 160 valence electrons. The lowest BCUT2D eigenvalue weighted by molar-refractivity contribution is -0.121. The van der Waals surface area contributed by atoms with Crippen molar-refractivity contribution in [3.8, 4) is 11.5 Å². The fourth-order valence-corrected chi connectivity index (χ4v) is 3.47. The quantitative estimate of drug-likeness (QED) is 0.378. The molecule has 3 aromatic carbocycles. The Bertz CT molecular complexity index is 1240. The van der Waals surface area contributed by atoms with Gasteiger partial charge in [-0.1, -0.05) is 48.5 Å². The number of rotatable bonds is 7. The minimum atomic E-state index is -0.633. The number of hydrogen-bond donors (Lipinski definition) is 0. The minimum Gasteiger partial charge on any atom is -0.455 e. The predicted octanol–water partition coefficient (Wildman–Crippen LogP) is 5.24. The molecule has 0 spiro atoms. The van der Waals surface area contributed by atoms with Crippen LogP contribution in [0.5, 0.6) is 11.5 Å². The molecule has 0 unspecified atom stereocenters. The van der Waals surface area contributed by atoms with Gasteiger partial charge in [-0.15, -0.1) is 0 Å². The summed E-state index contributed by atoms with van der Waals surface area (Å²) in [7, 11) is 0. The molecule has 0 saturated carbocycles. The van der Waals surface area contributed by atoms with E-state index in [4.69, 9.17) is 9.47 Å². The number of fused-ring (bicyclic) bond motifs is 1. The molecule has 1 aromatic heterocycles. The molecule has 0 aliphatic heterocycles. The molecule has 0 bridgehead atoms. The van der Waals surface area contributed by atoms with Gasteiger partial charge in [0.05, 0.1) is 11.9 Å². The second kappa shape index (κ2) is 9.75. The SMILES string of the molecule is CCN(C(=O)COC(=O)c1ccccc1Oc1cccnc1)c1cccc2ccccc12. The molecule has 32 heavy (non-hydrogen) atoms. The van der Waals surface area contributed by atoms with Gasteiger partial charge >= 0.3 is 5.97 Å². The first kappa shape index (κ1) is 21.1. The Labute approximate surface area is 186 Å². The summed E-state index contributed by atoms with van der Waals surface area (Å²) in [4.78, 5) is 31.3. The van der Waals surface area contributed by atoms with Crippen LogP contribution in [0.15, 0.2) is 91.3 Å². The highest BCUT2D eigenvalue weighted by molar-refractivity contribution is 6.05. The van der Waals surface area contributed by atoms with E-state index in [-0.39, 0.29) is 18.1 Å². The van der Waals surface area contributed by atoms with Crippen LogP contribution in [0.4, 0.5) is 5.69 Å². The molecule has 0 atom stereocenters. The maximum Gasteiger partial charge on any atom is 0.342 e. The number of benzene rings is 3. The number of hydrogen-bond acceptors (Lipinski definition) is 5. The van der Waals surface area contributed by atoms with Crippen LogP contribution in [0, 0.1) is 0 Å². The third-order valence-corrected chi connectivity index (χ3v) is 4.97. The molecule has 0 fully saturated rings. The normalized spacial score (nSPS) is 10.5. The zero-order valence-corrected chi connectivity index (χ0v) is 17.6. The van der Waals surface area contributed by atoms with Crippen molar-refractivity contribution in [3.63, 3.8) is 0 Å². The summed E-state index contributed by atoms with van der Waals surface area (Å²) in [5.74, 6) is -0.106. The lowest BCUT2D eigenvalue weighted by atomic mass is 10.1. The average Bonchev–Trinajstić information content (AvgIpc) is 2.84. The van der Waals surface area contributed by atoms with E-state index >= 15 is 0 Å². The largest absolute Gasteiger partial charge is 0.455 e. The number of esters is 1. The van der Waals surface area contributed by atoms with E-state index < -0.39 is 5.97 Å². The lowest BCUT2D eigenvalue weighted by Gasteiger charge is -2.22. The van der Waals surface area contributed by atoms with Crippen molar-refractivity contribution < 1.29 is 19.1 Å². The van der Waals surface area contributed by atoms with E-state index in [9.17, 15) is 9.59 Å². The Morgan fingerprint density at radius 1 is 0.906 bits per heavy atom. The summed E-state index contributed by atoms with van der Waals surface area (Å²) in [6.07, 6.45) is 3.18. The highest BCUT2D eigenvalue weighted by atomic mass is 16.5. The van der Waals surface area contributed by atoms with Crippen LogP contribution < -0.4 is 9.64 Å². The van der Waals surface area contributed by atoms with Gasteiger partial charge in [-0.2, -0.15) is 0 Å². The van der Waals surface area contributed by atoms with Crippen LogP contribution in [0.2, 0.25) is 0 Å². The molecule has 1 amide bonds. The Balaban J connectivity index is 1.48. The maximum atomic E-state index is 12.9. The summed E-state index contributed by atoms with van der Waals surface area (Å²) < 4.78 is 11.1. The van der Waals surface area contributed by atoms with Crippen LogP contribution >= 0.6 is 0 Å². The van der Waals surface area contributed by atoms with Gasteiger partial charge in [0.1, 0.15) is 17.1 Å². The van der Waals surface area contributed by atoms with Crippen molar-refractivity contribution in [2.24, 2.45) is 0 Å². The van der Waals surface area contributed by atoms with E-state index in [1.165, 1.54) is 0 Å². The number of para-hydroxylation sites is 1. The number of anilines is 1. The first-order valence-corrected chi connectivity index (χ1v) is 10.3. The first-order chi connectivity index (χ1) is 15.7. The third-order valence-electron chi connectivity index (χ3n) is 4.97. The number of aromatic nitrogens is 1. The molecule has 6 nitrogen and oxygen atoms in total. The van der Waals surface area contributed by atoms with Crippen LogP contribution in [0.25, 0.3) is 10.8 Å². The van der Waals surface area contributed by atoms with Gasteiger partial charge in [-0.25, -0.2) is 4.79 Å². The zero-order chi connectivity index (χ0) is 22.3. The minimum absolute atomic E-state index is 0.234. The molecular formula is C26H22N2O4. The first-order valence-electron chi connectivity index (χ1n) is 10.3. The van der Waals surface area contributed by atoms with E-state index in [1.54, 1.807) is 53.7 Å². The zero-order valence-electron chi connectivity index (χ0n) is 17.6. The summed E-state index contributed by atoms with van der Waals surface area (Å²) >= 11 is 0. The van der Waals surface area contributed by atoms with Crippen LogP contribution in [-0.4, -0.2) is 30.0 Å². The fraction of sp³-hybridized carbons (Fsp3) is 0.115. The van der Waals surface area contributed by atoms with Crippen molar-refractivity contribution in [2.75, 3.05) is 18.1 Å². The summed E-state index contributed by atoms with van der Waals surface area (Å²) in [5, 5.41) is 2.00. The molecule has 0 aliphatic rings. The number of carbonyl (C=O) groups excluding carboxylic acids is 2. The van der Waals surface area contributed by atoms with E-state index in [2.05, 4.69) is 4.98 Å². The molecule has 4 rings (SSSR count). The number of nitrogens with zero attached hydrogens (tertiary/aromatic N) is 2. The van der Waals surface area contributed by atoms with Gasteiger partial charge in [-0.05, 0) is 42.6 Å².